The molecule has 1 aliphatic carbocycles. The third kappa shape index (κ3) is 3.69. The van der Waals surface area contributed by atoms with Crippen molar-refractivity contribution in [2.45, 2.75) is 49.5 Å². The first-order valence-corrected chi connectivity index (χ1v) is 11.8. The first-order valence-electron chi connectivity index (χ1n) is 10.4. The van der Waals surface area contributed by atoms with Crippen molar-refractivity contribution in [3.63, 3.8) is 0 Å². The van der Waals surface area contributed by atoms with Gasteiger partial charge in [0.15, 0.2) is 0 Å². The zero-order chi connectivity index (χ0) is 21.4. The van der Waals surface area contributed by atoms with Gasteiger partial charge in [-0.3, -0.25) is 4.79 Å². The van der Waals surface area contributed by atoms with Crippen molar-refractivity contribution in [3.8, 4) is 0 Å². The fourth-order valence-corrected chi connectivity index (χ4v) is 6.64. The number of rotatable bonds is 5. The van der Waals surface area contributed by atoms with Gasteiger partial charge in [-0.1, -0.05) is 54.6 Å². The van der Waals surface area contributed by atoms with E-state index in [2.05, 4.69) is 24.4 Å². The van der Waals surface area contributed by atoms with Crippen LogP contribution in [-0.4, -0.2) is 30.6 Å². The molecule has 1 heterocycles. The van der Waals surface area contributed by atoms with Crippen LogP contribution in [0.3, 0.4) is 0 Å². The van der Waals surface area contributed by atoms with Gasteiger partial charge >= 0.3 is 0 Å². The molecule has 156 valence electrons. The van der Waals surface area contributed by atoms with Gasteiger partial charge in [0.05, 0.1) is 4.90 Å². The standard InChI is InChI=1S/C25H27NO3S/c1-3-21-18-26(30(28,29)22-11-9-19(2)10-12-22)25(16-14-24(27)23(21)17-25)15-13-20-7-5-4-6-8-20/h4-12,23H,1,13-18H2,2H3/t23-,25+/m0/s1. The van der Waals surface area contributed by atoms with E-state index in [9.17, 15) is 13.2 Å². The van der Waals surface area contributed by atoms with E-state index in [0.717, 1.165) is 12.0 Å². The van der Waals surface area contributed by atoms with Crippen molar-refractivity contribution in [2.24, 2.45) is 5.92 Å². The Morgan fingerprint density at radius 2 is 1.83 bits per heavy atom. The molecule has 1 saturated heterocycles. The molecular formula is C25H27NO3S. The van der Waals surface area contributed by atoms with Crippen LogP contribution >= 0.6 is 0 Å². The first kappa shape index (κ1) is 20.8. The normalized spacial score (nSPS) is 24.5. The molecule has 2 aromatic rings. The Balaban J connectivity index is 1.75. The fourth-order valence-electron chi connectivity index (χ4n) is 4.83. The average Bonchev–Trinajstić information content (AvgIpc) is 2.76. The van der Waals surface area contributed by atoms with Crippen molar-refractivity contribution in [1.82, 2.24) is 4.31 Å². The van der Waals surface area contributed by atoms with Crippen LogP contribution in [-0.2, 0) is 21.2 Å². The summed E-state index contributed by atoms with van der Waals surface area (Å²) in [4.78, 5) is 12.9. The van der Waals surface area contributed by atoms with Crippen LogP contribution in [0.25, 0.3) is 0 Å². The van der Waals surface area contributed by atoms with Crippen LogP contribution < -0.4 is 0 Å². The number of carbonyl (C=O) groups excluding carboxylic acids is 1. The van der Waals surface area contributed by atoms with Gasteiger partial charge in [-0.2, -0.15) is 4.31 Å². The molecule has 0 amide bonds. The van der Waals surface area contributed by atoms with Crippen LogP contribution in [0.5, 0.6) is 0 Å². The number of fused-ring (bicyclic) bond motifs is 2. The third-order valence-electron chi connectivity index (χ3n) is 6.63. The average molecular weight is 422 g/mol. The lowest BCUT2D eigenvalue weighted by Gasteiger charge is -2.52. The minimum Gasteiger partial charge on any atom is -0.299 e. The summed E-state index contributed by atoms with van der Waals surface area (Å²) in [7, 11) is -3.72. The molecule has 2 fully saturated rings. The Morgan fingerprint density at radius 3 is 2.50 bits per heavy atom. The molecule has 4 nitrogen and oxygen atoms in total. The predicted octanol–water partition coefficient (Wildman–Crippen LogP) is 4.45. The minimum absolute atomic E-state index is 0.184. The Labute approximate surface area is 179 Å². The van der Waals surface area contributed by atoms with Gasteiger partial charge in [0.1, 0.15) is 5.78 Å². The topological polar surface area (TPSA) is 54.5 Å². The van der Waals surface area contributed by atoms with Crippen molar-refractivity contribution < 1.29 is 13.2 Å². The largest absolute Gasteiger partial charge is 0.299 e. The second kappa shape index (κ2) is 7.99. The van der Waals surface area contributed by atoms with Crippen LogP contribution in [0.1, 0.15) is 36.8 Å². The number of hydrogen-bond acceptors (Lipinski definition) is 3. The summed E-state index contributed by atoms with van der Waals surface area (Å²) < 4.78 is 29.1. The second-order valence-corrected chi connectivity index (χ2v) is 10.3. The van der Waals surface area contributed by atoms with Gasteiger partial charge in [-0.05, 0) is 55.9 Å². The van der Waals surface area contributed by atoms with E-state index in [0.29, 0.717) is 36.2 Å². The smallest absolute Gasteiger partial charge is 0.243 e. The van der Waals surface area contributed by atoms with Gasteiger partial charge in [-0.25, -0.2) is 8.42 Å². The number of sulfonamides is 1. The van der Waals surface area contributed by atoms with Crippen LogP contribution in [0.15, 0.2) is 77.4 Å². The lowest BCUT2D eigenvalue weighted by Crippen LogP contribution is -2.60. The molecule has 2 bridgehead atoms. The highest BCUT2D eigenvalue weighted by molar-refractivity contribution is 7.89. The number of hydrogen-bond donors (Lipinski definition) is 0. The molecule has 0 spiro atoms. The van der Waals surface area contributed by atoms with Gasteiger partial charge in [-0.15, -0.1) is 5.73 Å². The zero-order valence-corrected chi connectivity index (χ0v) is 18.1. The van der Waals surface area contributed by atoms with Crippen molar-refractivity contribution in [2.75, 3.05) is 6.54 Å². The second-order valence-electron chi connectivity index (χ2n) is 8.46. The zero-order valence-electron chi connectivity index (χ0n) is 17.3. The van der Waals surface area contributed by atoms with Crippen molar-refractivity contribution in [3.05, 3.63) is 83.6 Å². The van der Waals surface area contributed by atoms with E-state index >= 15 is 0 Å². The maximum absolute atomic E-state index is 13.7. The Hall–Kier alpha value is -2.46. The Morgan fingerprint density at radius 1 is 1.13 bits per heavy atom. The van der Waals surface area contributed by atoms with Crippen LogP contribution in [0, 0.1) is 12.8 Å². The molecular weight excluding hydrogens is 394 g/mol. The molecule has 0 aromatic heterocycles. The summed E-state index contributed by atoms with van der Waals surface area (Å²) in [5.41, 5.74) is 5.21. The first-order chi connectivity index (χ1) is 14.4. The Kier molecular flexibility index (Phi) is 5.54. The van der Waals surface area contributed by atoms with E-state index in [1.54, 1.807) is 16.4 Å². The maximum atomic E-state index is 13.7. The highest BCUT2D eigenvalue weighted by Crippen LogP contribution is 2.47. The lowest BCUT2D eigenvalue weighted by atomic mass is 9.67. The summed E-state index contributed by atoms with van der Waals surface area (Å²) in [6.45, 7) is 5.87. The van der Waals surface area contributed by atoms with Crippen LogP contribution in [0.4, 0.5) is 0 Å². The molecule has 0 N–H and O–H groups in total. The summed E-state index contributed by atoms with van der Waals surface area (Å²) in [6.07, 6.45) is 2.93. The van der Waals surface area contributed by atoms with Crippen molar-refractivity contribution >= 4 is 15.8 Å². The molecule has 4 rings (SSSR count). The molecule has 5 heteroatoms. The quantitative estimate of drug-likeness (QED) is 0.670. The molecule has 2 atom stereocenters. The number of benzene rings is 2. The Bertz CT molecular complexity index is 1100. The van der Waals surface area contributed by atoms with Gasteiger partial charge < -0.3 is 0 Å². The van der Waals surface area contributed by atoms with Crippen LogP contribution in [0.2, 0.25) is 0 Å². The summed E-state index contributed by atoms with van der Waals surface area (Å²) in [5.74, 6) is -0.0830. The molecule has 2 aliphatic rings. The molecule has 1 aliphatic heterocycles. The number of carbonyl (C=O) groups is 1. The number of ketones is 1. The summed E-state index contributed by atoms with van der Waals surface area (Å²) >= 11 is 0. The molecule has 2 aromatic carbocycles. The minimum atomic E-state index is -3.72. The predicted molar refractivity (Wildman–Crippen MR) is 118 cm³/mol. The number of nitrogens with zero attached hydrogens (tertiary/aromatic N) is 1. The van der Waals surface area contributed by atoms with E-state index in [4.69, 9.17) is 0 Å². The number of aryl methyl sites for hydroxylation is 2. The summed E-state index contributed by atoms with van der Waals surface area (Å²) in [6, 6.07) is 17.1. The molecule has 0 unspecified atom stereocenters. The molecule has 1 saturated carbocycles. The molecule has 30 heavy (non-hydrogen) atoms. The highest BCUT2D eigenvalue weighted by atomic mass is 32.2. The van der Waals surface area contributed by atoms with E-state index in [1.807, 2.05) is 37.3 Å². The van der Waals surface area contributed by atoms with Gasteiger partial charge in [0.25, 0.3) is 0 Å². The number of Topliss-reactive ketones (excluding diaryl/α,β-unsaturated/α-hetero) is 1. The maximum Gasteiger partial charge on any atom is 0.243 e. The van der Waals surface area contributed by atoms with Gasteiger partial charge in [0.2, 0.25) is 10.0 Å². The SMILES string of the molecule is C=C=C1CN(S(=O)(=O)c2ccc(C)cc2)[C@]2(CCc3ccccc3)CCC(=O)[C@H]1C2. The van der Waals surface area contributed by atoms with Crippen molar-refractivity contribution in [1.29, 1.82) is 0 Å². The van der Waals surface area contributed by atoms with E-state index < -0.39 is 15.6 Å². The summed E-state index contributed by atoms with van der Waals surface area (Å²) in [5, 5.41) is 0. The fraction of sp³-hybridized carbons (Fsp3) is 0.360. The molecule has 0 radical (unpaired) electrons. The van der Waals surface area contributed by atoms with E-state index in [1.165, 1.54) is 5.56 Å². The van der Waals surface area contributed by atoms with E-state index in [-0.39, 0.29) is 18.2 Å². The van der Waals surface area contributed by atoms with Gasteiger partial charge in [0, 0.05) is 24.4 Å². The monoisotopic (exact) mass is 421 g/mol. The number of piperidine rings is 1. The highest BCUT2D eigenvalue weighted by Gasteiger charge is 2.53. The lowest BCUT2D eigenvalue weighted by molar-refractivity contribution is -0.127. The third-order valence-corrected chi connectivity index (χ3v) is 8.60.